The van der Waals surface area contributed by atoms with Crippen molar-refractivity contribution in [3.05, 3.63) is 102 Å². The Morgan fingerprint density at radius 2 is 1.57 bits per heavy atom. The van der Waals surface area contributed by atoms with E-state index < -0.39 is 41.6 Å². The highest BCUT2D eigenvalue weighted by Gasteiger charge is 2.40. The first-order valence-electron chi connectivity index (χ1n) is 10.6. The number of rotatable bonds is 6. The van der Waals surface area contributed by atoms with Gasteiger partial charge in [-0.1, -0.05) is 23.2 Å². The number of halogens is 2. The van der Waals surface area contributed by atoms with Crippen molar-refractivity contribution in [2.24, 2.45) is 0 Å². The summed E-state index contributed by atoms with van der Waals surface area (Å²) in [7, 11) is 0. The quantitative estimate of drug-likeness (QED) is 0.496. The van der Waals surface area contributed by atoms with Gasteiger partial charge in [-0.05, 0) is 55.5 Å². The number of nitrogens with one attached hydrogen (secondary N) is 1. The van der Waals surface area contributed by atoms with Crippen molar-refractivity contribution in [1.82, 2.24) is 9.55 Å². The van der Waals surface area contributed by atoms with Crippen molar-refractivity contribution in [2.75, 3.05) is 6.61 Å². The van der Waals surface area contributed by atoms with Gasteiger partial charge in [0.2, 0.25) is 0 Å². The van der Waals surface area contributed by atoms with Gasteiger partial charge in [0, 0.05) is 28.2 Å². The van der Waals surface area contributed by atoms with Crippen molar-refractivity contribution in [3.8, 4) is 0 Å². The molecule has 1 aliphatic rings. The van der Waals surface area contributed by atoms with Crippen LogP contribution in [0.5, 0.6) is 0 Å². The molecule has 11 heteroatoms. The standard InChI is InChI=1S/C24H20Cl2N2O7/c1-13-11-28(24(32)27-21(13)29)20-10-18(35-23(31)15-4-8-17(26)9-5-15)19(34-20)12-33-22(30)14-2-6-16(25)7-3-14/h2-9,11,18-20H,10,12H2,1H3,(H,27,29,32)/t18-,19-,20+/m0/s1. The Balaban J connectivity index is 1.53. The molecule has 9 nitrogen and oxygen atoms in total. The summed E-state index contributed by atoms with van der Waals surface area (Å²) in [5.41, 5.74) is -0.325. The minimum absolute atomic E-state index is 0.0912. The molecule has 0 aliphatic carbocycles. The van der Waals surface area contributed by atoms with Crippen molar-refractivity contribution in [3.63, 3.8) is 0 Å². The van der Waals surface area contributed by atoms with E-state index in [1.807, 2.05) is 0 Å². The molecule has 4 rings (SSSR count). The Morgan fingerprint density at radius 3 is 2.17 bits per heavy atom. The predicted octanol–water partition coefficient (Wildman–Crippen LogP) is 3.52. The van der Waals surface area contributed by atoms with Gasteiger partial charge >= 0.3 is 17.6 Å². The van der Waals surface area contributed by atoms with E-state index in [-0.39, 0.29) is 24.2 Å². The Morgan fingerprint density at radius 1 is 1.00 bits per heavy atom. The summed E-state index contributed by atoms with van der Waals surface area (Å²) in [4.78, 5) is 51.5. The molecule has 2 aromatic carbocycles. The summed E-state index contributed by atoms with van der Waals surface area (Å²) < 4.78 is 18.2. The fraction of sp³-hybridized carbons (Fsp3) is 0.250. The molecule has 0 unspecified atom stereocenters. The predicted molar refractivity (Wildman–Crippen MR) is 127 cm³/mol. The van der Waals surface area contributed by atoms with Crippen LogP contribution in [0.15, 0.2) is 64.3 Å². The summed E-state index contributed by atoms with van der Waals surface area (Å²) in [5.74, 6) is -1.25. The second-order valence-electron chi connectivity index (χ2n) is 7.90. The zero-order valence-corrected chi connectivity index (χ0v) is 19.9. The van der Waals surface area contributed by atoms with Crippen LogP contribution in [0, 0.1) is 6.92 Å². The summed E-state index contributed by atoms with van der Waals surface area (Å²) in [6, 6.07) is 12.3. The van der Waals surface area contributed by atoms with E-state index in [0.717, 1.165) is 0 Å². The number of carbonyl (C=O) groups excluding carboxylic acids is 2. The molecular weight excluding hydrogens is 499 g/mol. The highest BCUT2D eigenvalue weighted by Crippen LogP contribution is 2.31. The molecule has 0 spiro atoms. The van der Waals surface area contributed by atoms with E-state index in [4.69, 9.17) is 37.4 Å². The number of benzene rings is 2. The van der Waals surface area contributed by atoms with Gasteiger partial charge in [-0.3, -0.25) is 14.3 Å². The maximum Gasteiger partial charge on any atom is 0.338 e. The maximum absolute atomic E-state index is 12.7. The molecule has 35 heavy (non-hydrogen) atoms. The lowest BCUT2D eigenvalue weighted by Gasteiger charge is -2.19. The van der Waals surface area contributed by atoms with Crippen LogP contribution >= 0.6 is 23.2 Å². The normalized spacial score (nSPS) is 19.3. The molecule has 0 amide bonds. The van der Waals surface area contributed by atoms with Crippen molar-refractivity contribution < 1.29 is 23.8 Å². The van der Waals surface area contributed by atoms with E-state index in [2.05, 4.69) is 4.98 Å². The van der Waals surface area contributed by atoms with Crippen molar-refractivity contribution in [2.45, 2.75) is 31.8 Å². The molecule has 3 aromatic rings. The van der Waals surface area contributed by atoms with Gasteiger partial charge in [0.25, 0.3) is 5.56 Å². The summed E-state index contributed by atoms with van der Waals surface area (Å²) in [5, 5.41) is 0.935. The maximum atomic E-state index is 12.7. The fourth-order valence-electron chi connectivity index (χ4n) is 3.56. The molecule has 1 aliphatic heterocycles. The molecule has 2 heterocycles. The van der Waals surface area contributed by atoms with Crippen LogP contribution in [0.1, 0.15) is 38.9 Å². The van der Waals surface area contributed by atoms with Gasteiger partial charge < -0.3 is 14.2 Å². The number of esters is 2. The van der Waals surface area contributed by atoms with Gasteiger partial charge in [-0.2, -0.15) is 0 Å². The lowest BCUT2D eigenvalue weighted by molar-refractivity contribution is -0.0582. The van der Waals surface area contributed by atoms with Gasteiger partial charge in [0.15, 0.2) is 0 Å². The lowest BCUT2D eigenvalue weighted by Crippen LogP contribution is -2.33. The molecule has 0 radical (unpaired) electrons. The topological polar surface area (TPSA) is 117 Å². The Bertz CT molecular complexity index is 1350. The average Bonchev–Trinajstić information content (AvgIpc) is 3.22. The lowest BCUT2D eigenvalue weighted by atomic mass is 10.1. The van der Waals surface area contributed by atoms with Gasteiger partial charge in [-0.25, -0.2) is 14.4 Å². The molecule has 0 bridgehead atoms. The largest absolute Gasteiger partial charge is 0.459 e. The Labute approximate surface area is 209 Å². The number of aromatic nitrogens is 2. The van der Waals surface area contributed by atoms with Gasteiger partial charge in [0.1, 0.15) is 25.0 Å². The van der Waals surface area contributed by atoms with Gasteiger partial charge in [0.05, 0.1) is 11.1 Å². The molecule has 0 saturated carbocycles. The van der Waals surface area contributed by atoms with Crippen LogP contribution < -0.4 is 11.2 Å². The van der Waals surface area contributed by atoms with E-state index in [0.29, 0.717) is 15.6 Å². The first-order chi connectivity index (χ1) is 16.7. The third-order valence-corrected chi connectivity index (χ3v) is 5.94. The van der Waals surface area contributed by atoms with Crippen molar-refractivity contribution >= 4 is 35.1 Å². The van der Waals surface area contributed by atoms with Crippen LogP contribution in [0.3, 0.4) is 0 Å². The van der Waals surface area contributed by atoms with Gasteiger partial charge in [-0.15, -0.1) is 0 Å². The number of aryl methyl sites for hydroxylation is 1. The minimum atomic E-state index is -0.869. The third kappa shape index (κ3) is 5.82. The van der Waals surface area contributed by atoms with E-state index >= 15 is 0 Å². The first-order valence-corrected chi connectivity index (χ1v) is 11.3. The summed E-state index contributed by atoms with van der Waals surface area (Å²) in [6.45, 7) is 1.31. The van der Waals surface area contributed by atoms with Crippen LogP contribution in [-0.2, 0) is 14.2 Å². The zero-order valence-electron chi connectivity index (χ0n) is 18.4. The summed E-state index contributed by atoms with van der Waals surface area (Å²) >= 11 is 11.7. The Kier molecular flexibility index (Phi) is 7.39. The fourth-order valence-corrected chi connectivity index (χ4v) is 3.82. The monoisotopic (exact) mass is 518 g/mol. The minimum Gasteiger partial charge on any atom is -0.459 e. The van der Waals surface area contributed by atoms with E-state index in [1.54, 1.807) is 31.2 Å². The number of hydrogen-bond acceptors (Lipinski definition) is 7. The smallest absolute Gasteiger partial charge is 0.338 e. The van der Waals surface area contributed by atoms with Crippen LogP contribution in [0.4, 0.5) is 0 Å². The number of aromatic amines is 1. The average molecular weight is 519 g/mol. The number of H-pyrrole nitrogens is 1. The van der Waals surface area contributed by atoms with Crippen LogP contribution in [0.25, 0.3) is 0 Å². The van der Waals surface area contributed by atoms with E-state index in [1.165, 1.54) is 35.0 Å². The number of ether oxygens (including phenoxy) is 3. The molecule has 1 aromatic heterocycles. The van der Waals surface area contributed by atoms with Crippen molar-refractivity contribution in [1.29, 1.82) is 0 Å². The zero-order chi connectivity index (χ0) is 25.1. The second kappa shape index (κ2) is 10.5. The highest BCUT2D eigenvalue weighted by atomic mass is 35.5. The number of carbonyl (C=O) groups is 2. The molecular formula is C24H20Cl2N2O7. The van der Waals surface area contributed by atoms with Crippen LogP contribution in [0.2, 0.25) is 10.0 Å². The highest BCUT2D eigenvalue weighted by molar-refractivity contribution is 6.31. The Hall–Kier alpha value is -3.40. The number of hydrogen-bond donors (Lipinski definition) is 1. The third-order valence-electron chi connectivity index (χ3n) is 5.43. The number of nitrogens with zero attached hydrogens (tertiary/aromatic N) is 1. The molecule has 182 valence electrons. The molecule has 1 saturated heterocycles. The van der Waals surface area contributed by atoms with Crippen LogP contribution in [-0.4, -0.2) is 40.3 Å². The molecule has 3 atom stereocenters. The summed E-state index contributed by atoms with van der Waals surface area (Å²) in [6.07, 6.45) is -1.12. The second-order valence-corrected chi connectivity index (χ2v) is 8.77. The van der Waals surface area contributed by atoms with E-state index in [9.17, 15) is 19.2 Å². The molecule has 1 fully saturated rings. The SMILES string of the molecule is Cc1cn([C@H]2C[C@H](OC(=O)c3ccc(Cl)cc3)[C@H](COC(=O)c3ccc(Cl)cc3)O2)c(=O)[nH]c1=O. The molecule has 1 N–H and O–H groups in total. The first kappa shape index (κ1) is 24.7.